The second-order valence-corrected chi connectivity index (χ2v) is 7.81. The fraction of sp³-hybridized carbons (Fsp3) is 0.524. The van der Waals surface area contributed by atoms with Crippen LogP contribution in [0.15, 0.2) is 30.3 Å². The van der Waals surface area contributed by atoms with E-state index in [1.54, 1.807) is 12.1 Å². The lowest BCUT2D eigenvalue weighted by atomic mass is 10.1. The minimum absolute atomic E-state index is 0.106. The Morgan fingerprint density at radius 3 is 2.22 bits per heavy atom. The van der Waals surface area contributed by atoms with Gasteiger partial charge in [-0.25, -0.2) is 4.39 Å². The Morgan fingerprint density at radius 1 is 1.04 bits per heavy atom. The van der Waals surface area contributed by atoms with Crippen LogP contribution in [-0.4, -0.2) is 46.8 Å². The van der Waals surface area contributed by atoms with E-state index in [0.717, 1.165) is 30.2 Å². The lowest BCUT2D eigenvalue weighted by Gasteiger charge is -2.36. The van der Waals surface area contributed by atoms with Crippen LogP contribution in [-0.2, 0) is 11.3 Å². The molecule has 2 aromatic rings. The predicted octanol–water partition coefficient (Wildman–Crippen LogP) is 3.62. The third-order valence-corrected chi connectivity index (χ3v) is 5.12. The first-order chi connectivity index (χ1) is 12.8. The normalized spacial score (nSPS) is 15.1. The molecule has 0 unspecified atom stereocenters. The molecule has 5 nitrogen and oxygen atoms in total. The summed E-state index contributed by atoms with van der Waals surface area (Å²) in [6, 6.07) is 8.65. The number of amides is 1. The topological polar surface area (TPSA) is 41.4 Å². The lowest BCUT2D eigenvalue weighted by molar-refractivity contribution is -0.132. The van der Waals surface area contributed by atoms with Gasteiger partial charge in [0.2, 0.25) is 5.91 Å². The molecule has 0 saturated carbocycles. The SMILES string of the molecule is CC(C)c1cc(C(C)C)n(CC(=O)N2CCN(c3ccc(F)cc3)CC2)n1. The summed E-state index contributed by atoms with van der Waals surface area (Å²) >= 11 is 0. The van der Waals surface area contributed by atoms with Gasteiger partial charge in [0.1, 0.15) is 12.4 Å². The molecule has 1 aliphatic heterocycles. The molecule has 1 aliphatic rings. The fourth-order valence-electron chi connectivity index (χ4n) is 3.42. The Kier molecular flexibility index (Phi) is 5.82. The molecule has 3 rings (SSSR count). The zero-order valence-corrected chi connectivity index (χ0v) is 16.7. The van der Waals surface area contributed by atoms with Crippen molar-refractivity contribution in [1.82, 2.24) is 14.7 Å². The number of nitrogens with zero attached hydrogens (tertiary/aromatic N) is 4. The molecular weight excluding hydrogens is 343 g/mol. The Balaban J connectivity index is 1.62. The lowest BCUT2D eigenvalue weighted by Crippen LogP contribution is -2.49. The third kappa shape index (κ3) is 4.49. The molecule has 0 radical (unpaired) electrons. The van der Waals surface area contributed by atoms with E-state index in [4.69, 9.17) is 0 Å². The van der Waals surface area contributed by atoms with Crippen molar-refractivity contribution in [2.45, 2.75) is 46.1 Å². The highest BCUT2D eigenvalue weighted by atomic mass is 19.1. The molecule has 1 fully saturated rings. The van der Waals surface area contributed by atoms with Gasteiger partial charge >= 0.3 is 0 Å². The molecule has 0 spiro atoms. The van der Waals surface area contributed by atoms with Gasteiger partial charge in [0.05, 0.1) is 5.69 Å². The van der Waals surface area contributed by atoms with Crippen molar-refractivity contribution in [2.24, 2.45) is 0 Å². The molecule has 2 heterocycles. The fourth-order valence-corrected chi connectivity index (χ4v) is 3.42. The van der Waals surface area contributed by atoms with Crippen LogP contribution in [0.5, 0.6) is 0 Å². The average molecular weight is 372 g/mol. The first-order valence-electron chi connectivity index (χ1n) is 9.71. The molecule has 0 atom stereocenters. The molecule has 0 aliphatic carbocycles. The van der Waals surface area contributed by atoms with Gasteiger partial charge in [-0.2, -0.15) is 5.10 Å². The summed E-state index contributed by atoms with van der Waals surface area (Å²) in [6.07, 6.45) is 0. The van der Waals surface area contributed by atoms with E-state index in [-0.39, 0.29) is 18.3 Å². The van der Waals surface area contributed by atoms with Crippen LogP contribution in [0, 0.1) is 5.82 Å². The van der Waals surface area contributed by atoms with Crippen molar-refractivity contribution < 1.29 is 9.18 Å². The quantitative estimate of drug-likeness (QED) is 0.805. The minimum Gasteiger partial charge on any atom is -0.368 e. The van der Waals surface area contributed by atoms with Crippen LogP contribution in [0.4, 0.5) is 10.1 Å². The molecule has 1 saturated heterocycles. The van der Waals surface area contributed by atoms with E-state index in [2.05, 4.69) is 43.8 Å². The number of benzene rings is 1. The maximum atomic E-state index is 13.1. The number of hydrogen-bond acceptors (Lipinski definition) is 3. The molecule has 146 valence electrons. The van der Waals surface area contributed by atoms with Gasteiger partial charge in [0, 0.05) is 37.6 Å². The van der Waals surface area contributed by atoms with Crippen LogP contribution in [0.25, 0.3) is 0 Å². The number of carbonyl (C=O) groups is 1. The summed E-state index contributed by atoms with van der Waals surface area (Å²) in [5.41, 5.74) is 3.14. The molecule has 6 heteroatoms. The van der Waals surface area contributed by atoms with E-state index in [1.807, 2.05) is 9.58 Å². The summed E-state index contributed by atoms with van der Waals surface area (Å²) in [5.74, 6) is 0.550. The third-order valence-electron chi connectivity index (χ3n) is 5.12. The van der Waals surface area contributed by atoms with Crippen LogP contribution in [0.2, 0.25) is 0 Å². The molecule has 0 N–H and O–H groups in total. The van der Waals surface area contributed by atoms with E-state index >= 15 is 0 Å². The molecule has 0 bridgehead atoms. The van der Waals surface area contributed by atoms with Crippen LogP contribution < -0.4 is 4.90 Å². The summed E-state index contributed by atoms with van der Waals surface area (Å²) in [5, 5.41) is 4.66. The van der Waals surface area contributed by atoms with E-state index in [0.29, 0.717) is 24.9 Å². The highest BCUT2D eigenvalue weighted by Gasteiger charge is 2.23. The molecule has 1 aromatic heterocycles. The Hall–Kier alpha value is -2.37. The minimum atomic E-state index is -0.228. The molecule has 1 aromatic carbocycles. The van der Waals surface area contributed by atoms with E-state index in [9.17, 15) is 9.18 Å². The maximum Gasteiger partial charge on any atom is 0.244 e. The summed E-state index contributed by atoms with van der Waals surface area (Å²) < 4.78 is 15.0. The van der Waals surface area contributed by atoms with Gasteiger partial charge in [0.25, 0.3) is 0 Å². The summed E-state index contributed by atoms with van der Waals surface area (Å²) in [4.78, 5) is 16.9. The van der Waals surface area contributed by atoms with Gasteiger partial charge in [-0.3, -0.25) is 9.48 Å². The molecular formula is C21H29FN4O. The number of aromatic nitrogens is 2. The standard InChI is InChI=1S/C21H29FN4O/c1-15(2)19-13-20(16(3)4)26(23-19)14-21(27)25-11-9-24(10-12-25)18-7-5-17(22)6-8-18/h5-8,13,15-16H,9-12,14H2,1-4H3. The number of carbonyl (C=O) groups excluding carboxylic acids is 1. The second-order valence-electron chi connectivity index (χ2n) is 7.81. The van der Waals surface area contributed by atoms with Crippen LogP contribution >= 0.6 is 0 Å². The zero-order chi connectivity index (χ0) is 19.6. The smallest absolute Gasteiger partial charge is 0.244 e. The van der Waals surface area contributed by atoms with Crippen molar-refractivity contribution in [2.75, 3.05) is 31.1 Å². The Bertz CT molecular complexity index is 774. The zero-order valence-electron chi connectivity index (χ0n) is 16.7. The highest BCUT2D eigenvalue weighted by Crippen LogP contribution is 2.21. The van der Waals surface area contributed by atoms with Crippen molar-refractivity contribution in [1.29, 1.82) is 0 Å². The average Bonchev–Trinajstić information content (AvgIpc) is 3.07. The number of rotatable bonds is 5. The van der Waals surface area contributed by atoms with E-state index in [1.165, 1.54) is 12.1 Å². The number of piperazine rings is 1. The monoisotopic (exact) mass is 372 g/mol. The highest BCUT2D eigenvalue weighted by molar-refractivity contribution is 5.76. The van der Waals surface area contributed by atoms with Gasteiger partial charge in [-0.15, -0.1) is 0 Å². The molecule has 1 amide bonds. The number of halogens is 1. The Morgan fingerprint density at radius 2 is 1.67 bits per heavy atom. The first kappa shape index (κ1) is 19.4. The van der Waals surface area contributed by atoms with Crippen molar-refractivity contribution in [3.05, 3.63) is 47.5 Å². The maximum absolute atomic E-state index is 13.1. The Labute approximate surface area is 160 Å². The van der Waals surface area contributed by atoms with Crippen molar-refractivity contribution in [3.63, 3.8) is 0 Å². The summed E-state index contributed by atoms with van der Waals surface area (Å²) in [7, 11) is 0. The van der Waals surface area contributed by atoms with Gasteiger partial charge in [0.15, 0.2) is 0 Å². The van der Waals surface area contributed by atoms with Crippen LogP contribution in [0.1, 0.15) is 50.9 Å². The largest absolute Gasteiger partial charge is 0.368 e. The van der Waals surface area contributed by atoms with Gasteiger partial charge < -0.3 is 9.80 Å². The predicted molar refractivity (Wildman–Crippen MR) is 106 cm³/mol. The van der Waals surface area contributed by atoms with E-state index < -0.39 is 0 Å². The second kappa shape index (κ2) is 8.11. The molecule has 27 heavy (non-hydrogen) atoms. The van der Waals surface area contributed by atoms with Crippen molar-refractivity contribution in [3.8, 4) is 0 Å². The van der Waals surface area contributed by atoms with Crippen molar-refractivity contribution >= 4 is 11.6 Å². The van der Waals surface area contributed by atoms with Gasteiger partial charge in [-0.05, 0) is 42.2 Å². The van der Waals surface area contributed by atoms with Gasteiger partial charge in [-0.1, -0.05) is 27.7 Å². The van der Waals surface area contributed by atoms with Crippen LogP contribution in [0.3, 0.4) is 0 Å². The number of hydrogen-bond donors (Lipinski definition) is 0. The first-order valence-corrected chi connectivity index (χ1v) is 9.71. The summed E-state index contributed by atoms with van der Waals surface area (Å²) in [6.45, 7) is 11.6. The number of anilines is 1.